The summed E-state index contributed by atoms with van der Waals surface area (Å²) in [5.74, 6) is -2.66. The highest BCUT2D eigenvalue weighted by atomic mass is 19.4. The lowest BCUT2D eigenvalue weighted by Gasteiger charge is -2.11. The van der Waals surface area contributed by atoms with E-state index in [0.29, 0.717) is 11.4 Å². The topological polar surface area (TPSA) is 54.0 Å². The molecule has 1 aromatic heterocycles. The number of nitrogens with one attached hydrogen (secondary N) is 2. The molecule has 0 aliphatic carbocycles. The average molecular weight is 393 g/mol. The molecule has 2 aromatic carbocycles. The molecule has 0 bridgehead atoms. The van der Waals surface area contributed by atoms with Gasteiger partial charge in [-0.3, -0.25) is 9.78 Å². The van der Waals surface area contributed by atoms with Gasteiger partial charge in [-0.25, -0.2) is 8.78 Å². The first kappa shape index (κ1) is 19.3. The zero-order valence-electron chi connectivity index (χ0n) is 14.0. The van der Waals surface area contributed by atoms with Crippen LogP contribution in [0.3, 0.4) is 0 Å². The molecule has 0 fully saturated rings. The van der Waals surface area contributed by atoms with Crippen molar-refractivity contribution in [1.82, 2.24) is 4.98 Å². The third-order valence-electron chi connectivity index (χ3n) is 3.70. The highest BCUT2D eigenvalue weighted by molar-refractivity contribution is 6.04. The summed E-state index contributed by atoms with van der Waals surface area (Å²) in [5, 5.41) is 4.93. The molecule has 0 saturated heterocycles. The van der Waals surface area contributed by atoms with Crippen molar-refractivity contribution in [2.45, 2.75) is 6.18 Å². The Kier molecular flexibility index (Phi) is 5.25. The van der Waals surface area contributed by atoms with Gasteiger partial charge in [0.05, 0.1) is 23.0 Å². The Morgan fingerprint density at radius 2 is 1.54 bits per heavy atom. The standard InChI is InChI=1S/C19H12F5N3O/c20-15-2-1-3-16(21)17(15)27-18(28)11-8-14(10-25-9-11)26-13-6-4-12(5-7-13)19(22,23)24/h1-10,26H,(H,27,28). The fourth-order valence-corrected chi connectivity index (χ4v) is 2.34. The molecule has 1 amide bonds. The molecule has 3 aromatic rings. The number of benzene rings is 2. The van der Waals surface area contributed by atoms with Crippen molar-refractivity contribution >= 4 is 23.0 Å². The van der Waals surface area contributed by atoms with Crippen LogP contribution in [-0.2, 0) is 6.18 Å². The van der Waals surface area contributed by atoms with Crippen molar-refractivity contribution < 1.29 is 26.7 Å². The number of hydrogen-bond acceptors (Lipinski definition) is 3. The van der Waals surface area contributed by atoms with Gasteiger partial charge >= 0.3 is 6.18 Å². The van der Waals surface area contributed by atoms with Crippen LogP contribution in [0.4, 0.5) is 39.0 Å². The quantitative estimate of drug-likeness (QED) is 0.586. The summed E-state index contributed by atoms with van der Waals surface area (Å²) in [6.45, 7) is 0. The van der Waals surface area contributed by atoms with Crippen LogP contribution in [0.2, 0.25) is 0 Å². The average Bonchev–Trinajstić information content (AvgIpc) is 2.64. The Labute approximate surface area is 156 Å². The summed E-state index contributed by atoms with van der Waals surface area (Å²) in [6, 6.07) is 8.78. The number of aromatic nitrogens is 1. The number of halogens is 5. The Balaban J connectivity index is 1.76. The molecule has 0 atom stereocenters. The van der Waals surface area contributed by atoms with E-state index in [2.05, 4.69) is 15.6 Å². The maximum atomic E-state index is 13.6. The minimum absolute atomic E-state index is 0.000403. The lowest BCUT2D eigenvalue weighted by atomic mass is 10.2. The maximum absolute atomic E-state index is 13.6. The number of hydrogen-bond donors (Lipinski definition) is 2. The summed E-state index contributed by atoms with van der Waals surface area (Å²) in [5.41, 5.74) is -0.738. The van der Waals surface area contributed by atoms with Gasteiger partial charge in [-0.15, -0.1) is 0 Å². The molecule has 9 heteroatoms. The smallest absolute Gasteiger partial charge is 0.354 e. The maximum Gasteiger partial charge on any atom is 0.416 e. The number of nitrogens with zero attached hydrogens (tertiary/aromatic N) is 1. The van der Waals surface area contributed by atoms with Crippen LogP contribution in [0.25, 0.3) is 0 Å². The molecular formula is C19H12F5N3O. The van der Waals surface area contributed by atoms with Crippen molar-refractivity contribution in [3.05, 3.63) is 83.7 Å². The number of alkyl halides is 3. The number of carbonyl (C=O) groups excluding carboxylic acids is 1. The van der Waals surface area contributed by atoms with Gasteiger partial charge in [0.1, 0.15) is 17.3 Å². The minimum atomic E-state index is -4.44. The van der Waals surface area contributed by atoms with Gasteiger partial charge in [-0.05, 0) is 42.5 Å². The first-order valence-electron chi connectivity index (χ1n) is 7.89. The fourth-order valence-electron chi connectivity index (χ4n) is 2.34. The monoisotopic (exact) mass is 393 g/mol. The predicted molar refractivity (Wildman–Crippen MR) is 93.3 cm³/mol. The van der Waals surface area contributed by atoms with E-state index in [4.69, 9.17) is 0 Å². The van der Waals surface area contributed by atoms with E-state index >= 15 is 0 Å². The third-order valence-corrected chi connectivity index (χ3v) is 3.70. The van der Waals surface area contributed by atoms with Gasteiger partial charge in [-0.1, -0.05) is 6.07 Å². The molecule has 3 rings (SSSR count). The van der Waals surface area contributed by atoms with E-state index in [1.54, 1.807) is 0 Å². The van der Waals surface area contributed by atoms with Gasteiger partial charge in [0, 0.05) is 11.9 Å². The van der Waals surface area contributed by atoms with E-state index in [9.17, 15) is 26.7 Å². The number of carbonyl (C=O) groups is 1. The molecule has 0 aliphatic rings. The highest BCUT2D eigenvalue weighted by Crippen LogP contribution is 2.30. The molecule has 0 radical (unpaired) electrons. The van der Waals surface area contributed by atoms with Crippen molar-refractivity contribution in [2.75, 3.05) is 10.6 Å². The highest BCUT2D eigenvalue weighted by Gasteiger charge is 2.29. The Hall–Kier alpha value is -3.49. The van der Waals surface area contributed by atoms with Crippen LogP contribution in [0, 0.1) is 11.6 Å². The van der Waals surface area contributed by atoms with E-state index in [1.807, 2.05) is 0 Å². The van der Waals surface area contributed by atoms with Crippen LogP contribution in [0.1, 0.15) is 15.9 Å². The lowest BCUT2D eigenvalue weighted by Crippen LogP contribution is -2.14. The van der Waals surface area contributed by atoms with E-state index in [-0.39, 0.29) is 5.56 Å². The van der Waals surface area contributed by atoms with Crippen molar-refractivity contribution in [1.29, 1.82) is 0 Å². The molecular weight excluding hydrogens is 381 g/mol. The molecule has 0 unspecified atom stereocenters. The summed E-state index contributed by atoms with van der Waals surface area (Å²) >= 11 is 0. The molecule has 0 spiro atoms. The third kappa shape index (κ3) is 4.43. The van der Waals surface area contributed by atoms with Crippen molar-refractivity contribution in [2.24, 2.45) is 0 Å². The Morgan fingerprint density at radius 1 is 0.893 bits per heavy atom. The summed E-state index contributed by atoms with van der Waals surface area (Å²) in [4.78, 5) is 16.1. The van der Waals surface area contributed by atoms with Gasteiger partial charge in [-0.2, -0.15) is 13.2 Å². The molecule has 1 heterocycles. The van der Waals surface area contributed by atoms with Crippen LogP contribution < -0.4 is 10.6 Å². The molecule has 0 aliphatic heterocycles. The van der Waals surface area contributed by atoms with Crippen LogP contribution in [0.15, 0.2) is 60.9 Å². The Morgan fingerprint density at radius 3 is 2.14 bits per heavy atom. The summed E-state index contributed by atoms with van der Waals surface area (Å²) in [7, 11) is 0. The second-order valence-corrected chi connectivity index (χ2v) is 5.71. The second-order valence-electron chi connectivity index (χ2n) is 5.71. The number of anilines is 3. The fraction of sp³-hybridized carbons (Fsp3) is 0.0526. The van der Waals surface area contributed by atoms with Crippen LogP contribution in [0.5, 0.6) is 0 Å². The van der Waals surface area contributed by atoms with Crippen LogP contribution >= 0.6 is 0 Å². The van der Waals surface area contributed by atoms with Gasteiger partial charge in [0.25, 0.3) is 5.91 Å². The predicted octanol–water partition coefficient (Wildman–Crippen LogP) is 5.37. The second kappa shape index (κ2) is 7.63. The lowest BCUT2D eigenvalue weighted by molar-refractivity contribution is -0.137. The first-order chi connectivity index (χ1) is 13.2. The molecule has 28 heavy (non-hydrogen) atoms. The SMILES string of the molecule is O=C(Nc1c(F)cccc1F)c1cncc(Nc2ccc(C(F)(F)F)cc2)c1. The number of amides is 1. The van der Waals surface area contributed by atoms with Crippen molar-refractivity contribution in [3.63, 3.8) is 0 Å². The molecule has 4 nitrogen and oxygen atoms in total. The largest absolute Gasteiger partial charge is 0.416 e. The zero-order chi connectivity index (χ0) is 20.3. The first-order valence-corrected chi connectivity index (χ1v) is 7.89. The number of para-hydroxylation sites is 1. The zero-order valence-corrected chi connectivity index (χ0v) is 14.0. The normalized spacial score (nSPS) is 11.2. The molecule has 2 N–H and O–H groups in total. The molecule has 0 saturated carbocycles. The van der Waals surface area contributed by atoms with E-state index < -0.39 is 35.0 Å². The minimum Gasteiger partial charge on any atom is -0.354 e. The summed E-state index contributed by atoms with van der Waals surface area (Å²) in [6.07, 6.45) is -1.91. The van der Waals surface area contributed by atoms with Crippen LogP contribution in [-0.4, -0.2) is 10.9 Å². The van der Waals surface area contributed by atoms with Gasteiger partial charge in [0.15, 0.2) is 0 Å². The van der Waals surface area contributed by atoms with E-state index in [0.717, 1.165) is 30.3 Å². The van der Waals surface area contributed by atoms with Gasteiger partial charge < -0.3 is 10.6 Å². The van der Waals surface area contributed by atoms with Gasteiger partial charge in [0.2, 0.25) is 0 Å². The van der Waals surface area contributed by atoms with Crippen molar-refractivity contribution in [3.8, 4) is 0 Å². The number of pyridine rings is 1. The number of rotatable bonds is 4. The summed E-state index contributed by atoms with van der Waals surface area (Å²) < 4.78 is 65.1. The molecule has 144 valence electrons. The Bertz CT molecular complexity index is 983. The van der Waals surface area contributed by atoms with E-state index in [1.165, 1.54) is 30.6 Å².